The zero-order valence-electron chi connectivity index (χ0n) is 15.6. The van der Waals surface area contributed by atoms with E-state index in [2.05, 4.69) is 37.8 Å². The Labute approximate surface area is 154 Å². The summed E-state index contributed by atoms with van der Waals surface area (Å²) in [6, 6.07) is 4.19. The van der Waals surface area contributed by atoms with Gasteiger partial charge in [0.2, 0.25) is 5.95 Å². The first-order valence-electron chi connectivity index (χ1n) is 9.31. The van der Waals surface area contributed by atoms with Crippen molar-refractivity contribution >= 4 is 11.8 Å². The molecule has 2 aromatic rings. The van der Waals surface area contributed by atoms with Gasteiger partial charge in [-0.05, 0) is 19.1 Å². The maximum Gasteiger partial charge on any atom is 0.227 e. The van der Waals surface area contributed by atoms with E-state index in [1.807, 2.05) is 24.0 Å². The highest BCUT2D eigenvalue weighted by atomic mass is 16.5. The van der Waals surface area contributed by atoms with Gasteiger partial charge in [0.1, 0.15) is 5.82 Å². The second-order valence-corrected chi connectivity index (χ2v) is 6.98. The second kappa shape index (κ2) is 7.59. The summed E-state index contributed by atoms with van der Waals surface area (Å²) >= 11 is 0. The van der Waals surface area contributed by atoms with Crippen molar-refractivity contribution in [2.45, 2.75) is 13.5 Å². The fourth-order valence-corrected chi connectivity index (χ4v) is 3.51. The Morgan fingerprint density at radius 1 is 1.04 bits per heavy atom. The standard InChI is InChI=1S/C18H27N7O/c1-15-13-16(21-22(15)2)14-23-5-7-24(8-6-23)17-3-4-19-18(20-17)25-9-11-26-12-10-25/h3-4,13H,5-12,14H2,1-2H3. The molecule has 4 heterocycles. The molecule has 2 fully saturated rings. The minimum absolute atomic E-state index is 0.749. The minimum Gasteiger partial charge on any atom is -0.378 e. The Balaban J connectivity index is 1.35. The van der Waals surface area contributed by atoms with E-state index in [0.717, 1.165) is 76.5 Å². The van der Waals surface area contributed by atoms with Crippen LogP contribution in [-0.2, 0) is 18.3 Å². The van der Waals surface area contributed by atoms with Crippen LogP contribution in [0.2, 0.25) is 0 Å². The lowest BCUT2D eigenvalue weighted by molar-refractivity contribution is 0.122. The smallest absolute Gasteiger partial charge is 0.227 e. The normalized spacial score (nSPS) is 19.2. The van der Waals surface area contributed by atoms with Crippen molar-refractivity contribution in [3.05, 3.63) is 29.7 Å². The van der Waals surface area contributed by atoms with E-state index in [4.69, 9.17) is 9.72 Å². The summed E-state index contributed by atoms with van der Waals surface area (Å²) in [6.07, 6.45) is 1.87. The molecule has 0 N–H and O–H groups in total. The topological polar surface area (TPSA) is 62.6 Å². The summed E-state index contributed by atoms with van der Waals surface area (Å²) in [7, 11) is 2.00. The molecule has 8 nitrogen and oxygen atoms in total. The van der Waals surface area contributed by atoms with Crippen LogP contribution in [0.1, 0.15) is 11.4 Å². The molecule has 0 aromatic carbocycles. The third kappa shape index (κ3) is 3.81. The van der Waals surface area contributed by atoms with Gasteiger partial charge in [0, 0.05) is 64.8 Å². The SMILES string of the molecule is Cc1cc(CN2CCN(c3ccnc(N4CCOCC4)n3)CC2)nn1C. The minimum atomic E-state index is 0.749. The monoisotopic (exact) mass is 357 g/mol. The number of piperazine rings is 1. The van der Waals surface area contributed by atoms with Gasteiger partial charge in [0.15, 0.2) is 0 Å². The van der Waals surface area contributed by atoms with Crippen LogP contribution >= 0.6 is 0 Å². The number of hydrogen-bond acceptors (Lipinski definition) is 7. The van der Waals surface area contributed by atoms with Crippen molar-refractivity contribution in [2.75, 3.05) is 62.3 Å². The zero-order chi connectivity index (χ0) is 17.9. The van der Waals surface area contributed by atoms with Crippen molar-refractivity contribution in [1.82, 2.24) is 24.6 Å². The molecule has 0 amide bonds. The summed E-state index contributed by atoms with van der Waals surface area (Å²) in [5.74, 6) is 1.84. The molecule has 8 heteroatoms. The number of nitrogens with zero attached hydrogens (tertiary/aromatic N) is 7. The Morgan fingerprint density at radius 3 is 2.50 bits per heavy atom. The molecule has 0 unspecified atom stereocenters. The van der Waals surface area contributed by atoms with Gasteiger partial charge in [-0.1, -0.05) is 0 Å². The highest BCUT2D eigenvalue weighted by Gasteiger charge is 2.21. The largest absolute Gasteiger partial charge is 0.378 e. The molecule has 0 aliphatic carbocycles. The van der Waals surface area contributed by atoms with Crippen LogP contribution in [0, 0.1) is 6.92 Å². The number of ether oxygens (including phenoxy) is 1. The van der Waals surface area contributed by atoms with Gasteiger partial charge >= 0.3 is 0 Å². The molecule has 2 aliphatic heterocycles. The van der Waals surface area contributed by atoms with Gasteiger partial charge in [0.25, 0.3) is 0 Å². The number of morpholine rings is 1. The Bertz CT molecular complexity index is 713. The Kier molecular flexibility index (Phi) is 5.03. The molecular formula is C18H27N7O. The molecule has 4 rings (SSSR count). The maximum atomic E-state index is 5.42. The van der Waals surface area contributed by atoms with Crippen molar-refractivity contribution in [1.29, 1.82) is 0 Å². The highest BCUT2D eigenvalue weighted by Crippen LogP contribution is 2.18. The van der Waals surface area contributed by atoms with Crippen LogP contribution in [0.25, 0.3) is 0 Å². The van der Waals surface area contributed by atoms with Gasteiger partial charge < -0.3 is 14.5 Å². The third-order valence-corrected chi connectivity index (χ3v) is 5.17. The predicted molar refractivity (Wildman–Crippen MR) is 100 cm³/mol. The van der Waals surface area contributed by atoms with Gasteiger partial charge in [-0.15, -0.1) is 0 Å². The number of anilines is 2. The van der Waals surface area contributed by atoms with Crippen molar-refractivity contribution in [3.63, 3.8) is 0 Å². The maximum absolute atomic E-state index is 5.42. The summed E-state index contributed by atoms with van der Waals surface area (Å²) in [5, 5.41) is 4.57. The van der Waals surface area contributed by atoms with Gasteiger partial charge in [-0.2, -0.15) is 10.1 Å². The van der Waals surface area contributed by atoms with Crippen LogP contribution in [0.15, 0.2) is 18.3 Å². The summed E-state index contributed by atoms with van der Waals surface area (Å²) < 4.78 is 7.36. The Hall–Kier alpha value is -2.19. The molecule has 0 radical (unpaired) electrons. The molecule has 2 saturated heterocycles. The summed E-state index contributed by atoms with van der Waals surface area (Å²) in [5.41, 5.74) is 2.35. The van der Waals surface area contributed by atoms with E-state index in [-0.39, 0.29) is 0 Å². The van der Waals surface area contributed by atoms with Crippen molar-refractivity contribution in [3.8, 4) is 0 Å². The third-order valence-electron chi connectivity index (χ3n) is 5.17. The number of rotatable bonds is 4. The van der Waals surface area contributed by atoms with Crippen LogP contribution < -0.4 is 9.80 Å². The molecule has 26 heavy (non-hydrogen) atoms. The molecule has 2 aliphatic rings. The van der Waals surface area contributed by atoms with E-state index >= 15 is 0 Å². The molecule has 0 saturated carbocycles. The van der Waals surface area contributed by atoms with E-state index in [9.17, 15) is 0 Å². The van der Waals surface area contributed by atoms with Crippen LogP contribution in [0.5, 0.6) is 0 Å². The molecule has 0 atom stereocenters. The predicted octanol–water partition coefficient (Wildman–Crippen LogP) is 0.677. The van der Waals surface area contributed by atoms with Gasteiger partial charge in [0.05, 0.1) is 18.9 Å². The van der Waals surface area contributed by atoms with Crippen molar-refractivity contribution < 1.29 is 4.74 Å². The molecule has 140 valence electrons. The first-order chi connectivity index (χ1) is 12.7. The molecule has 0 bridgehead atoms. The molecule has 0 spiro atoms. The summed E-state index contributed by atoms with van der Waals surface area (Å²) in [6.45, 7) is 10.2. The molecule has 2 aromatic heterocycles. The Morgan fingerprint density at radius 2 is 1.81 bits per heavy atom. The summed E-state index contributed by atoms with van der Waals surface area (Å²) in [4.78, 5) is 16.3. The van der Waals surface area contributed by atoms with E-state index in [1.165, 1.54) is 5.69 Å². The number of aromatic nitrogens is 4. The van der Waals surface area contributed by atoms with Crippen LogP contribution in [0.3, 0.4) is 0 Å². The number of aryl methyl sites for hydroxylation is 2. The lowest BCUT2D eigenvalue weighted by Gasteiger charge is -2.35. The van der Waals surface area contributed by atoms with Gasteiger partial charge in [-0.3, -0.25) is 9.58 Å². The number of hydrogen-bond donors (Lipinski definition) is 0. The second-order valence-electron chi connectivity index (χ2n) is 6.98. The van der Waals surface area contributed by atoms with Crippen molar-refractivity contribution in [2.24, 2.45) is 7.05 Å². The van der Waals surface area contributed by atoms with E-state index in [0.29, 0.717) is 0 Å². The first kappa shape index (κ1) is 17.2. The quantitative estimate of drug-likeness (QED) is 0.797. The van der Waals surface area contributed by atoms with Crippen LogP contribution in [0.4, 0.5) is 11.8 Å². The van der Waals surface area contributed by atoms with E-state index < -0.39 is 0 Å². The fourth-order valence-electron chi connectivity index (χ4n) is 3.51. The van der Waals surface area contributed by atoms with E-state index in [1.54, 1.807) is 0 Å². The lowest BCUT2D eigenvalue weighted by atomic mass is 10.2. The lowest BCUT2D eigenvalue weighted by Crippen LogP contribution is -2.46. The first-order valence-corrected chi connectivity index (χ1v) is 9.31. The van der Waals surface area contributed by atoms with Gasteiger partial charge in [-0.25, -0.2) is 4.98 Å². The zero-order valence-corrected chi connectivity index (χ0v) is 15.6. The average Bonchev–Trinajstić information content (AvgIpc) is 3.00. The highest BCUT2D eigenvalue weighted by molar-refractivity contribution is 5.44. The average molecular weight is 357 g/mol. The molecular weight excluding hydrogens is 330 g/mol. The van der Waals surface area contributed by atoms with Crippen LogP contribution in [-0.4, -0.2) is 77.1 Å². The fraction of sp³-hybridized carbons (Fsp3) is 0.611.